The number of piperidine rings is 1. The van der Waals surface area contributed by atoms with E-state index < -0.39 is 10.8 Å². The quantitative estimate of drug-likeness (QED) is 0.133. The second-order valence-corrected chi connectivity index (χ2v) is 17.8. The highest BCUT2D eigenvalue weighted by molar-refractivity contribution is 6.30. The number of aromatic amines is 2. The number of aromatic nitrogens is 6. The molecule has 7 aromatic rings. The Morgan fingerprint density at radius 2 is 1.14 bits per heavy atom. The predicted molar refractivity (Wildman–Crippen MR) is 247 cm³/mol. The number of anilines is 3. The minimum atomic E-state index is -0.508. The molecular formula is C50H47ClFN9O3. The average molecular weight is 876 g/mol. The third kappa shape index (κ3) is 7.22. The van der Waals surface area contributed by atoms with E-state index in [-0.39, 0.29) is 17.6 Å². The van der Waals surface area contributed by atoms with Crippen molar-refractivity contribution in [2.45, 2.75) is 64.2 Å². The summed E-state index contributed by atoms with van der Waals surface area (Å²) in [4.78, 5) is 34.6. The molecule has 0 atom stereocenters. The molecule has 324 valence electrons. The summed E-state index contributed by atoms with van der Waals surface area (Å²) in [6, 6.07) is 29.9. The third-order valence-corrected chi connectivity index (χ3v) is 13.8. The molecule has 0 radical (unpaired) electrons. The third-order valence-electron chi connectivity index (χ3n) is 13.5. The summed E-state index contributed by atoms with van der Waals surface area (Å²) >= 11 is 6.05. The van der Waals surface area contributed by atoms with Gasteiger partial charge in [0.05, 0.1) is 10.8 Å². The topological polar surface area (TPSA) is 154 Å². The molecule has 4 aliphatic rings. The number of nitrogens with one attached hydrogen (secondary N) is 4. The fourth-order valence-electron chi connectivity index (χ4n) is 9.85. The molecule has 2 fully saturated rings. The molecule has 6 heterocycles. The van der Waals surface area contributed by atoms with Crippen LogP contribution in [-0.4, -0.2) is 68.5 Å². The van der Waals surface area contributed by atoms with Gasteiger partial charge in [0.25, 0.3) is 0 Å². The van der Waals surface area contributed by atoms with E-state index in [1.165, 1.54) is 11.6 Å². The van der Waals surface area contributed by atoms with Crippen LogP contribution in [0.4, 0.5) is 21.5 Å². The minimum absolute atomic E-state index is 0.0294. The second-order valence-electron chi connectivity index (χ2n) is 17.3. The van der Waals surface area contributed by atoms with Crippen molar-refractivity contribution in [1.29, 1.82) is 0 Å². The lowest BCUT2D eigenvalue weighted by molar-refractivity contribution is -0.124. The highest BCUT2D eigenvalue weighted by Crippen LogP contribution is 2.48. The number of fused-ring (bicyclic) bond motifs is 4. The molecule has 0 saturated carbocycles. The van der Waals surface area contributed by atoms with Gasteiger partial charge < -0.3 is 30.2 Å². The smallest absolute Gasteiger partial charge is 0.235 e. The summed E-state index contributed by atoms with van der Waals surface area (Å²) in [5, 5.41) is 23.3. The number of rotatable bonds is 5. The van der Waals surface area contributed by atoms with Gasteiger partial charge in [-0.3, -0.25) is 9.59 Å². The van der Waals surface area contributed by atoms with Crippen molar-refractivity contribution in [3.8, 4) is 45.0 Å². The normalized spacial score (nSPS) is 16.9. The van der Waals surface area contributed by atoms with Crippen LogP contribution in [0.3, 0.4) is 0 Å². The molecule has 2 spiro atoms. The van der Waals surface area contributed by atoms with Crippen molar-refractivity contribution < 1.29 is 18.7 Å². The molecular weight excluding hydrogens is 829 g/mol. The van der Waals surface area contributed by atoms with Crippen LogP contribution in [0.5, 0.6) is 0 Å². The summed E-state index contributed by atoms with van der Waals surface area (Å²) in [5.41, 5.74) is 11.2. The number of aryl methyl sites for hydroxylation is 3. The van der Waals surface area contributed by atoms with E-state index in [9.17, 15) is 14.0 Å². The van der Waals surface area contributed by atoms with Crippen LogP contribution in [0, 0.1) is 33.5 Å². The number of hydrogen-bond acceptors (Lipinski definition) is 8. The second kappa shape index (κ2) is 16.1. The van der Waals surface area contributed by atoms with Gasteiger partial charge in [0.1, 0.15) is 17.5 Å². The summed E-state index contributed by atoms with van der Waals surface area (Å²) in [6.45, 7) is 10.4. The zero-order valence-electron chi connectivity index (χ0n) is 36.0. The summed E-state index contributed by atoms with van der Waals surface area (Å²) in [5.74, 6) is 2.57. The SMILES string of the molecule is Cc1nnc(-c2cc(F)c(C)c(-c3ccc4c(c3)NC(=O)C43CCOCC3)c2)[nH]1.Cc1nnc(-c2ccc(C)c(-c3ccc4c(c3)NC(=O)C43CCN(c4ccc(Cl)cc4)CC3)c2)[nH]1. The van der Waals surface area contributed by atoms with Gasteiger partial charge in [0, 0.05) is 59.5 Å². The molecule has 11 rings (SSSR count). The van der Waals surface area contributed by atoms with Crippen LogP contribution in [0.25, 0.3) is 45.0 Å². The Morgan fingerprint density at radius 3 is 1.72 bits per heavy atom. The van der Waals surface area contributed by atoms with E-state index in [4.69, 9.17) is 16.3 Å². The molecule has 14 heteroatoms. The molecule has 12 nitrogen and oxygen atoms in total. The van der Waals surface area contributed by atoms with E-state index in [1.54, 1.807) is 13.8 Å². The zero-order chi connectivity index (χ0) is 44.3. The first-order valence-electron chi connectivity index (χ1n) is 21.6. The number of halogens is 2. The molecule has 0 unspecified atom stereocenters. The first-order valence-corrected chi connectivity index (χ1v) is 22.0. The molecule has 0 bridgehead atoms. The van der Waals surface area contributed by atoms with Gasteiger partial charge in [-0.2, -0.15) is 0 Å². The first-order chi connectivity index (χ1) is 30.9. The molecule has 4 N–H and O–H groups in total. The Kier molecular flexibility index (Phi) is 10.4. The van der Waals surface area contributed by atoms with Gasteiger partial charge in [-0.15, -0.1) is 20.4 Å². The monoisotopic (exact) mass is 875 g/mol. The van der Waals surface area contributed by atoms with Crippen molar-refractivity contribution in [1.82, 2.24) is 30.4 Å². The maximum absolute atomic E-state index is 14.7. The zero-order valence-corrected chi connectivity index (χ0v) is 36.8. The maximum atomic E-state index is 14.7. The van der Waals surface area contributed by atoms with Crippen molar-refractivity contribution in [2.75, 3.05) is 41.8 Å². The fraction of sp³-hybridized carbons (Fsp3) is 0.280. The van der Waals surface area contributed by atoms with Crippen LogP contribution in [0.2, 0.25) is 5.02 Å². The summed E-state index contributed by atoms with van der Waals surface area (Å²) in [6.07, 6.45) is 2.93. The van der Waals surface area contributed by atoms with Crippen LogP contribution in [-0.2, 0) is 25.2 Å². The van der Waals surface area contributed by atoms with Crippen LogP contribution in [0.1, 0.15) is 59.6 Å². The first kappa shape index (κ1) is 41.3. The number of carbonyl (C=O) groups excluding carboxylic acids is 2. The highest BCUT2D eigenvalue weighted by atomic mass is 35.5. The number of benzene rings is 5. The average Bonchev–Trinajstić information content (AvgIpc) is 4.07. The van der Waals surface area contributed by atoms with Gasteiger partial charge >= 0.3 is 0 Å². The minimum Gasteiger partial charge on any atom is -0.381 e. The van der Waals surface area contributed by atoms with Crippen molar-refractivity contribution >= 4 is 40.5 Å². The van der Waals surface area contributed by atoms with Crippen molar-refractivity contribution in [3.63, 3.8) is 0 Å². The fourth-order valence-corrected chi connectivity index (χ4v) is 9.98. The van der Waals surface area contributed by atoms with Gasteiger partial charge in [-0.05, 0) is 152 Å². The Labute approximate surface area is 375 Å². The molecule has 4 aliphatic heterocycles. The Morgan fingerprint density at radius 1 is 0.609 bits per heavy atom. The number of amides is 2. The Hall–Kier alpha value is -6.70. The Bertz CT molecular complexity index is 2970. The van der Waals surface area contributed by atoms with E-state index in [1.807, 2.05) is 55.5 Å². The van der Waals surface area contributed by atoms with Gasteiger partial charge in [-0.1, -0.05) is 48.0 Å². The summed E-state index contributed by atoms with van der Waals surface area (Å²) < 4.78 is 20.2. The number of H-pyrrole nitrogens is 2. The largest absolute Gasteiger partial charge is 0.381 e. The van der Waals surface area contributed by atoms with Crippen molar-refractivity contribution in [2.24, 2.45) is 0 Å². The van der Waals surface area contributed by atoms with E-state index in [0.717, 1.165) is 98.6 Å². The molecule has 5 aromatic carbocycles. The Balaban J connectivity index is 0.000000154. The van der Waals surface area contributed by atoms with Crippen LogP contribution in [0.15, 0.2) is 91.0 Å². The van der Waals surface area contributed by atoms with Crippen LogP contribution < -0.4 is 15.5 Å². The van der Waals surface area contributed by atoms with E-state index >= 15 is 0 Å². The lowest BCUT2D eigenvalue weighted by Gasteiger charge is -2.39. The van der Waals surface area contributed by atoms with Crippen LogP contribution >= 0.6 is 11.6 Å². The van der Waals surface area contributed by atoms with Crippen molar-refractivity contribution in [3.05, 3.63) is 136 Å². The van der Waals surface area contributed by atoms with Gasteiger partial charge in [0.15, 0.2) is 11.6 Å². The molecule has 2 saturated heterocycles. The predicted octanol–water partition coefficient (Wildman–Crippen LogP) is 9.79. The standard InChI is InChI=1S/C28H26ClN5O.C22H21FN4O2/c1-17-3-4-20(26-30-18(2)32-33-26)15-23(17)19-5-10-24-25(16-19)31-27(35)28(24)11-13-34(14-12-28)22-8-6-21(29)7-9-22;1-12-16(9-15(10-18(12)23)20-24-13(2)26-27-20)14-3-4-17-19(11-14)25-21(28)22(17)5-7-29-8-6-22/h3-10,15-16H,11-14H2,1-2H3,(H,31,35)(H,30,32,33);3-4,9-11H,5-8H2,1-2H3,(H,25,28)(H,24,26,27). The molecule has 64 heavy (non-hydrogen) atoms. The lowest BCUT2D eigenvalue weighted by Crippen LogP contribution is -2.46. The number of carbonyl (C=O) groups is 2. The van der Waals surface area contributed by atoms with E-state index in [2.05, 4.69) is 89.2 Å². The molecule has 0 aliphatic carbocycles. The van der Waals surface area contributed by atoms with Gasteiger partial charge in [0.2, 0.25) is 11.8 Å². The highest BCUT2D eigenvalue weighted by Gasteiger charge is 2.49. The van der Waals surface area contributed by atoms with Gasteiger partial charge in [-0.25, -0.2) is 4.39 Å². The van der Waals surface area contributed by atoms with E-state index in [0.29, 0.717) is 48.8 Å². The summed E-state index contributed by atoms with van der Waals surface area (Å²) in [7, 11) is 0. The molecule has 2 aromatic heterocycles. The maximum Gasteiger partial charge on any atom is 0.235 e. The number of ether oxygens (including phenoxy) is 1. The number of nitrogens with zero attached hydrogens (tertiary/aromatic N) is 5. The molecule has 2 amide bonds. The lowest BCUT2D eigenvalue weighted by atomic mass is 9.73. The number of hydrogen-bond donors (Lipinski definition) is 4.